The molecule has 3 aromatic carbocycles. The van der Waals surface area contributed by atoms with Gasteiger partial charge in [0.2, 0.25) is 0 Å². The van der Waals surface area contributed by atoms with E-state index in [2.05, 4.69) is 33.4 Å². The fourth-order valence-corrected chi connectivity index (χ4v) is 3.00. The topological polar surface area (TPSA) is 99.3 Å². The van der Waals surface area contributed by atoms with Crippen LogP contribution in [-0.4, -0.2) is 24.9 Å². The Morgan fingerprint density at radius 3 is 2.06 bits per heavy atom. The van der Waals surface area contributed by atoms with Gasteiger partial charge in [0.1, 0.15) is 0 Å². The van der Waals surface area contributed by atoms with Crippen molar-refractivity contribution in [2.45, 2.75) is 6.18 Å². The smallest absolute Gasteiger partial charge is 0.355 e. The van der Waals surface area contributed by atoms with Gasteiger partial charge < -0.3 is 21.3 Å². The average molecular weight is 489 g/mol. The molecule has 0 heterocycles. The van der Waals surface area contributed by atoms with Crippen LogP contribution in [0, 0.1) is 12.1 Å². The number of hydrogen-bond donors (Lipinski definition) is 4. The van der Waals surface area contributed by atoms with Gasteiger partial charge in [0.25, 0.3) is 11.8 Å². The van der Waals surface area contributed by atoms with Crippen molar-refractivity contribution in [2.24, 2.45) is 0 Å². The summed E-state index contributed by atoms with van der Waals surface area (Å²) in [7, 11) is 1.46. The van der Waals surface area contributed by atoms with Crippen molar-refractivity contribution in [2.75, 3.05) is 23.0 Å². The molecular formula is C23H16ClF3N4O3. The Balaban J connectivity index is 1.61. The molecule has 0 aliphatic rings. The zero-order chi connectivity index (χ0) is 24.9. The second kappa shape index (κ2) is 10.1. The van der Waals surface area contributed by atoms with Crippen molar-refractivity contribution in [1.29, 1.82) is 0 Å². The Labute approximate surface area is 197 Å². The predicted molar refractivity (Wildman–Crippen MR) is 121 cm³/mol. The Morgan fingerprint density at radius 1 is 0.853 bits per heavy atom. The van der Waals surface area contributed by atoms with Crippen molar-refractivity contribution < 1.29 is 27.6 Å². The standard InChI is InChI=1S/C23H16ClF3N4O3/c1-28-20(32)13-3-2-4-14(11-13)21(33)29-15-5-7-16(8-6-15)30-22(34)31-17-9-10-19(24)18(12-17)23(25,26)27/h3,5-12H,1H3,(H,28,32)(H,29,33)(H2,30,31,34). The second-order valence-electron chi connectivity index (χ2n) is 6.81. The summed E-state index contributed by atoms with van der Waals surface area (Å²) in [5, 5.41) is 9.35. The van der Waals surface area contributed by atoms with Crippen molar-refractivity contribution in [3.8, 4) is 0 Å². The largest absolute Gasteiger partial charge is 0.417 e. The Morgan fingerprint density at radius 2 is 1.44 bits per heavy atom. The Kier molecular flexibility index (Phi) is 7.28. The molecule has 0 saturated heterocycles. The molecule has 0 aromatic heterocycles. The number of benzene rings is 2. The molecule has 0 bridgehead atoms. The normalized spacial score (nSPS) is 10.6. The minimum atomic E-state index is -4.66. The first-order valence-electron chi connectivity index (χ1n) is 9.58. The van der Waals surface area contributed by atoms with Gasteiger partial charge in [-0.05, 0) is 48.5 Å². The highest BCUT2D eigenvalue weighted by Crippen LogP contribution is 2.36. The summed E-state index contributed by atoms with van der Waals surface area (Å²) < 4.78 is 38.9. The number of halogens is 4. The van der Waals surface area contributed by atoms with Crippen LogP contribution >= 0.6 is 11.6 Å². The van der Waals surface area contributed by atoms with Crippen LogP contribution in [0.1, 0.15) is 26.3 Å². The first-order valence-corrected chi connectivity index (χ1v) is 9.96. The SMILES string of the molecule is CNC(=O)c1cc#cc(C(=O)Nc2ccc(NC(=O)Nc3ccc(Cl)c(C(F)(F)F)c3)cc2)c1. The van der Waals surface area contributed by atoms with Crippen LogP contribution in [0.3, 0.4) is 0 Å². The highest BCUT2D eigenvalue weighted by atomic mass is 35.5. The zero-order valence-corrected chi connectivity index (χ0v) is 18.2. The summed E-state index contributed by atoms with van der Waals surface area (Å²) in [5.41, 5.74) is -0.0963. The third-order valence-corrected chi connectivity index (χ3v) is 4.73. The van der Waals surface area contributed by atoms with Gasteiger partial charge >= 0.3 is 12.2 Å². The molecule has 174 valence electrons. The van der Waals surface area contributed by atoms with Crippen molar-refractivity contribution >= 4 is 46.5 Å². The van der Waals surface area contributed by atoms with E-state index in [-0.39, 0.29) is 22.7 Å². The van der Waals surface area contributed by atoms with E-state index in [0.717, 1.165) is 12.1 Å². The van der Waals surface area contributed by atoms with Crippen molar-refractivity contribution in [1.82, 2.24) is 5.32 Å². The van der Waals surface area contributed by atoms with Gasteiger partial charge in [-0.25, -0.2) is 4.79 Å². The summed E-state index contributed by atoms with van der Waals surface area (Å²) >= 11 is 5.57. The van der Waals surface area contributed by atoms with E-state index in [4.69, 9.17) is 11.6 Å². The van der Waals surface area contributed by atoms with Crippen molar-refractivity contribution in [3.63, 3.8) is 0 Å². The lowest BCUT2D eigenvalue weighted by Gasteiger charge is -2.12. The van der Waals surface area contributed by atoms with E-state index in [1.54, 1.807) is 0 Å². The molecule has 4 N–H and O–H groups in total. The molecule has 4 amide bonds. The molecule has 0 aliphatic carbocycles. The maximum Gasteiger partial charge on any atom is 0.417 e. The summed E-state index contributed by atoms with van der Waals surface area (Å²) in [6.07, 6.45) is -4.66. The molecule has 0 atom stereocenters. The van der Waals surface area contributed by atoms with E-state index in [1.807, 2.05) is 0 Å². The minimum Gasteiger partial charge on any atom is -0.355 e. The zero-order valence-electron chi connectivity index (χ0n) is 17.4. The molecule has 0 spiro atoms. The number of hydrogen-bond acceptors (Lipinski definition) is 3. The molecule has 0 unspecified atom stereocenters. The number of rotatable bonds is 5. The van der Waals surface area contributed by atoms with Gasteiger partial charge in [-0.2, -0.15) is 13.2 Å². The van der Waals surface area contributed by atoms with Crippen LogP contribution in [-0.2, 0) is 6.18 Å². The van der Waals surface area contributed by atoms with Gasteiger partial charge in [0, 0.05) is 35.7 Å². The first kappa shape index (κ1) is 24.4. The molecule has 0 radical (unpaired) electrons. The third kappa shape index (κ3) is 6.17. The number of amides is 4. The Hall–Kier alpha value is -4.23. The van der Waals surface area contributed by atoms with Crippen LogP contribution in [0.2, 0.25) is 5.02 Å². The van der Waals surface area contributed by atoms with E-state index in [1.165, 1.54) is 49.5 Å². The molecule has 0 aliphatic heterocycles. The lowest BCUT2D eigenvalue weighted by molar-refractivity contribution is -0.137. The second-order valence-corrected chi connectivity index (χ2v) is 7.22. The summed E-state index contributed by atoms with van der Waals surface area (Å²) in [4.78, 5) is 36.2. The van der Waals surface area contributed by atoms with E-state index < -0.39 is 28.7 Å². The maximum absolute atomic E-state index is 13.0. The van der Waals surface area contributed by atoms with E-state index >= 15 is 0 Å². The number of carbonyl (C=O) groups excluding carboxylic acids is 3. The molecule has 3 aromatic rings. The Bertz CT molecular complexity index is 1230. The number of urea groups is 1. The molecule has 34 heavy (non-hydrogen) atoms. The van der Waals surface area contributed by atoms with Crippen LogP contribution in [0.25, 0.3) is 0 Å². The van der Waals surface area contributed by atoms with Gasteiger partial charge in [-0.3, -0.25) is 9.59 Å². The van der Waals surface area contributed by atoms with Crippen LogP contribution in [0.5, 0.6) is 0 Å². The average Bonchev–Trinajstić information content (AvgIpc) is 2.80. The number of carbonyl (C=O) groups is 3. The summed E-state index contributed by atoms with van der Waals surface area (Å²) in [5.74, 6) is -0.898. The maximum atomic E-state index is 13.0. The molecule has 0 fully saturated rings. The molecular weight excluding hydrogens is 473 g/mol. The summed E-state index contributed by atoms with van der Waals surface area (Å²) in [6, 6.07) is 16.2. The lowest BCUT2D eigenvalue weighted by Crippen LogP contribution is -2.20. The quantitative estimate of drug-likeness (QED) is 0.396. The van der Waals surface area contributed by atoms with Crippen LogP contribution in [0.4, 0.5) is 35.0 Å². The molecule has 7 nitrogen and oxygen atoms in total. The highest BCUT2D eigenvalue weighted by Gasteiger charge is 2.33. The molecule has 11 heteroatoms. The monoisotopic (exact) mass is 488 g/mol. The molecule has 0 saturated carbocycles. The summed E-state index contributed by atoms with van der Waals surface area (Å²) in [6.45, 7) is 0. The van der Waals surface area contributed by atoms with Crippen LogP contribution < -0.4 is 21.3 Å². The van der Waals surface area contributed by atoms with Gasteiger partial charge in [-0.1, -0.05) is 23.7 Å². The fraction of sp³-hybridized carbons (Fsp3) is 0.0870. The van der Waals surface area contributed by atoms with E-state index in [0.29, 0.717) is 11.4 Å². The van der Waals surface area contributed by atoms with Gasteiger partial charge in [0.15, 0.2) is 0 Å². The first-order chi connectivity index (χ1) is 16.1. The lowest BCUT2D eigenvalue weighted by atomic mass is 10.1. The highest BCUT2D eigenvalue weighted by molar-refractivity contribution is 6.31. The van der Waals surface area contributed by atoms with Crippen LogP contribution in [0.15, 0.2) is 54.6 Å². The third-order valence-electron chi connectivity index (χ3n) is 4.40. The number of nitrogens with one attached hydrogen (secondary N) is 4. The van der Waals surface area contributed by atoms with Crippen molar-refractivity contribution in [3.05, 3.63) is 88.4 Å². The molecule has 3 rings (SSSR count). The van der Waals surface area contributed by atoms with E-state index in [9.17, 15) is 27.6 Å². The van der Waals surface area contributed by atoms with Gasteiger partial charge in [-0.15, -0.1) is 0 Å². The number of alkyl halides is 3. The fourth-order valence-electron chi connectivity index (χ4n) is 2.77. The minimum absolute atomic E-state index is 0.0925. The predicted octanol–water partition coefficient (Wildman–Crippen LogP) is 5.22. The number of anilines is 3. The van der Waals surface area contributed by atoms with Gasteiger partial charge in [0.05, 0.1) is 16.1 Å².